The highest BCUT2D eigenvalue weighted by atomic mass is 16.3. The van der Waals surface area contributed by atoms with E-state index in [4.69, 9.17) is 5.11 Å². The van der Waals surface area contributed by atoms with Crippen molar-refractivity contribution in [1.29, 1.82) is 0 Å². The molecule has 0 aromatic heterocycles. The van der Waals surface area contributed by atoms with Crippen molar-refractivity contribution in [3.05, 3.63) is 12.3 Å². The fourth-order valence-corrected chi connectivity index (χ4v) is 0.599. The van der Waals surface area contributed by atoms with Gasteiger partial charge in [-0.2, -0.15) is 0 Å². The van der Waals surface area contributed by atoms with Crippen LogP contribution in [0.25, 0.3) is 0 Å². The lowest BCUT2D eigenvalue weighted by Crippen LogP contribution is -2.12. The van der Waals surface area contributed by atoms with Crippen molar-refractivity contribution in [1.82, 2.24) is 4.90 Å². The van der Waals surface area contributed by atoms with E-state index in [-0.39, 0.29) is 5.76 Å². The van der Waals surface area contributed by atoms with Crippen LogP contribution < -0.4 is 0 Å². The molecule has 9 heavy (non-hydrogen) atoms. The molecule has 0 saturated heterocycles. The number of rotatable bonds is 4. The SMILES string of the molecule is C=C(O)CCCN(C)C. The molecule has 2 heteroatoms. The standard InChI is InChI=1S/C7H15NO/c1-7(9)5-4-6-8(2)3/h9H,1,4-6H2,2-3H3. The van der Waals surface area contributed by atoms with Gasteiger partial charge in [0, 0.05) is 6.42 Å². The van der Waals surface area contributed by atoms with E-state index in [1.54, 1.807) is 0 Å². The third-order valence-electron chi connectivity index (χ3n) is 1.07. The molecule has 0 heterocycles. The maximum Gasteiger partial charge on any atom is 0.0851 e. The number of hydrogen-bond acceptors (Lipinski definition) is 2. The molecule has 0 bridgehead atoms. The Kier molecular flexibility index (Phi) is 4.14. The van der Waals surface area contributed by atoms with Gasteiger partial charge in [0.15, 0.2) is 0 Å². The van der Waals surface area contributed by atoms with Gasteiger partial charge in [-0.1, -0.05) is 6.58 Å². The molecule has 0 saturated carbocycles. The molecule has 0 aliphatic carbocycles. The molecular weight excluding hydrogens is 114 g/mol. The van der Waals surface area contributed by atoms with Crippen LogP contribution >= 0.6 is 0 Å². The first-order valence-corrected chi connectivity index (χ1v) is 3.14. The second-order valence-electron chi connectivity index (χ2n) is 2.47. The molecule has 0 spiro atoms. The van der Waals surface area contributed by atoms with Crippen LogP contribution in [0.5, 0.6) is 0 Å². The Labute approximate surface area is 56.8 Å². The van der Waals surface area contributed by atoms with Crippen molar-refractivity contribution < 1.29 is 5.11 Å². The summed E-state index contributed by atoms with van der Waals surface area (Å²) in [6, 6.07) is 0. The first-order chi connectivity index (χ1) is 4.13. The average molecular weight is 129 g/mol. The van der Waals surface area contributed by atoms with E-state index in [1.807, 2.05) is 14.1 Å². The maximum absolute atomic E-state index is 8.65. The molecule has 0 radical (unpaired) electrons. The molecule has 54 valence electrons. The van der Waals surface area contributed by atoms with Crippen molar-refractivity contribution in [2.24, 2.45) is 0 Å². The van der Waals surface area contributed by atoms with Crippen LogP contribution in [0.3, 0.4) is 0 Å². The predicted octanol–water partition coefficient (Wildman–Crippen LogP) is 1.40. The first kappa shape index (κ1) is 8.50. The van der Waals surface area contributed by atoms with Gasteiger partial charge in [-0.3, -0.25) is 0 Å². The topological polar surface area (TPSA) is 23.5 Å². The van der Waals surface area contributed by atoms with Crippen LogP contribution in [0, 0.1) is 0 Å². The number of allylic oxidation sites excluding steroid dienone is 1. The van der Waals surface area contributed by atoms with Gasteiger partial charge >= 0.3 is 0 Å². The Hall–Kier alpha value is -0.500. The molecule has 0 rings (SSSR count). The van der Waals surface area contributed by atoms with Crippen LogP contribution in [-0.2, 0) is 0 Å². The predicted molar refractivity (Wildman–Crippen MR) is 39.6 cm³/mol. The number of nitrogens with zero attached hydrogens (tertiary/aromatic N) is 1. The lowest BCUT2D eigenvalue weighted by atomic mass is 10.3. The van der Waals surface area contributed by atoms with Gasteiger partial charge in [0.1, 0.15) is 0 Å². The summed E-state index contributed by atoms with van der Waals surface area (Å²) in [5.41, 5.74) is 0. The fourth-order valence-electron chi connectivity index (χ4n) is 0.599. The monoisotopic (exact) mass is 129 g/mol. The van der Waals surface area contributed by atoms with Crippen LogP contribution in [0.4, 0.5) is 0 Å². The highest BCUT2D eigenvalue weighted by Gasteiger charge is 1.91. The Bertz CT molecular complexity index is 88.9. The Balaban J connectivity index is 3.01. The van der Waals surface area contributed by atoms with E-state index >= 15 is 0 Å². The summed E-state index contributed by atoms with van der Waals surface area (Å²) in [6.45, 7) is 4.40. The van der Waals surface area contributed by atoms with E-state index in [9.17, 15) is 0 Å². The van der Waals surface area contributed by atoms with Crippen LogP contribution in [0.1, 0.15) is 12.8 Å². The number of aliphatic hydroxyl groups excluding tert-OH is 1. The van der Waals surface area contributed by atoms with E-state index < -0.39 is 0 Å². The molecule has 0 aromatic rings. The zero-order valence-electron chi connectivity index (χ0n) is 6.22. The van der Waals surface area contributed by atoms with Crippen molar-refractivity contribution in [3.8, 4) is 0 Å². The quantitative estimate of drug-likeness (QED) is 0.580. The molecule has 2 nitrogen and oxygen atoms in total. The van der Waals surface area contributed by atoms with E-state index in [0.29, 0.717) is 0 Å². The number of aliphatic hydroxyl groups is 1. The van der Waals surface area contributed by atoms with Gasteiger partial charge < -0.3 is 10.0 Å². The van der Waals surface area contributed by atoms with Crippen molar-refractivity contribution in [2.45, 2.75) is 12.8 Å². The van der Waals surface area contributed by atoms with Gasteiger partial charge in [-0.15, -0.1) is 0 Å². The lowest BCUT2D eigenvalue weighted by Gasteiger charge is -2.07. The summed E-state index contributed by atoms with van der Waals surface area (Å²) in [6.07, 6.45) is 1.71. The highest BCUT2D eigenvalue weighted by molar-refractivity contribution is 4.77. The molecule has 0 unspecified atom stereocenters. The number of hydrogen-bond donors (Lipinski definition) is 1. The van der Waals surface area contributed by atoms with Crippen LogP contribution in [0.2, 0.25) is 0 Å². The Morgan fingerprint density at radius 2 is 2.11 bits per heavy atom. The first-order valence-electron chi connectivity index (χ1n) is 3.14. The average Bonchev–Trinajstić information content (AvgIpc) is 1.63. The summed E-state index contributed by atoms with van der Waals surface area (Å²) in [4.78, 5) is 2.09. The highest BCUT2D eigenvalue weighted by Crippen LogP contribution is 1.97. The third kappa shape index (κ3) is 7.50. The summed E-state index contributed by atoms with van der Waals surface area (Å²) >= 11 is 0. The largest absolute Gasteiger partial charge is 0.513 e. The lowest BCUT2D eigenvalue weighted by molar-refractivity contribution is 0.354. The molecule has 0 aliphatic heterocycles. The van der Waals surface area contributed by atoms with Gasteiger partial charge in [-0.25, -0.2) is 0 Å². The Morgan fingerprint density at radius 1 is 1.56 bits per heavy atom. The normalized spacial score (nSPS) is 10.1. The summed E-state index contributed by atoms with van der Waals surface area (Å²) in [5.74, 6) is 0.289. The van der Waals surface area contributed by atoms with Crippen LogP contribution in [-0.4, -0.2) is 30.6 Å². The molecule has 1 N–H and O–H groups in total. The molecule has 0 aromatic carbocycles. The second kappa shape index (κ2) is 4.39. The van der Waals surface area contributed by atoms with Crippen LogP contribution in [0.15, 0.2) is 12.3 Å². The minimum Gasteiger partial charge on any atom is -0.513 e. The minimum atomic E-state index is 0.289. The van der Waals surface area contributed by atoms with Gasteiger partial charge in [0.2, 0.25) is 0 Å². The van der Waals surface area contributed by atoms with Gasteiger partial charge in [0.05, 0.1) is 5.76 Å². The Morgan fingerprint density at radius 3 is 2.44 bits per heavy atom. The molecule has 0 amide bonds. The van der Waals surface area contributed by atoms with Crippen molar-refractivity contribution in [3.63, 3.8) is 0 Å². The summed E-state index contributed by atoms with van der Waals surface area (Å²) in [5, 5.41) is 8.65. The van der Waals surface area contributed by atoms with E-state index in [0.717, 1.165) is 19.4 Å². The smallest absolute Gasteiger partial charge is 0.0851 e. The fraction of sp³-hybridized carbons (Fsp3) is 0.714. The molecular formula is C7H15NO. The van der Waals surface area contributed by atoms with Gasteiger partial charge in [-0.05, 0) is 27.1 Å². The van der Waals surface area contributed by atoms with E-state index in [2.05, 4.69) is 11.5 Å². The summed E-state index contributed by atoms with van der Waals surface area (Å²) in [7, 11) is 4.03. The van der Waals surface area contributed by atoms with Crippen molar-refractivity contribution in [2.75, 3.05) is 20.6 Å². The maximum atomic E-state index is 8.65. The molecule has 0 atom stereocenters. The zero-order valence-corrected chi connectivity index (χ0v) is 6.22. The minimum absolute atomic E-state index is 0.289. The summed E-state index contributed by atoms with van der Waals surface area (Å²) < 4.78 is 0. The second-order valence-corrected chi connectivity index (χ2v) is 2.47. The zero-order chi connectivity index (χ0) is 7.28. The molecule has 0 fully saturated rings. The third-order valence-corrected chi connectivity index (χ3v) is 1.07. The van der Waals surface area contributed by atoms with Crippen molar-refractivity contribution >= 4 is 0 Å². The van der Waals surface area contributed by atoms with E-state index in [1.165, 1.54) is 0 Å². The van der Waals surface area contributed by atoms with Gasteiger partial charge in [0.25, 0.3) is 0 Å². The molecule has 0 aliphatic rings.